The number of likely N-dealkylation sites (N-methyl/N-ethyl adjacent to an activating group) is 1. The number of aryl methyl sites for hydroxylation is 1. The monoisotopic (exact) mass is 420 g/mol. The van der Waals surface area contributed by atoms with E-state index in [4.69, 9.17) is 4.74 Å². The maximum atomic E-state index is 12.9. The highest BCUT2D eigenvalue weighted by Crippen LogP contribution is 2.17. The highest BCUT2D eigenvalue weighted by atomic mass is 32.1. The molecule has 0 aliphatic heterocycles. The van der Waals surface area contributed by atoms with E-state index in [-0.39, 0.29) is 25.2 Å². The summed E-state index contributed by atoms with van der Waals surface area (Å²) in [6.07, 6.45) is -0.124. The fourth-order valence-electron chi connectivity index (χ4n) is 2.29. The molecule has 0 spiro atoms. The first-order valence-electron chi connectivity index (χ1n) is 8.79. The molecular formula is C20H21FN2O5S. The normalized spacial score (nSPS) is 10.3. The number of ketones is 1. The van der Waals surface area contributed by atoms with E-state index in [9.17, 15) is 23.6 Å². The summed E-state index contributed by atoms with van der Waals surface area (Å²) in [5.41, 5.74) is 0.397. The smallest absolute Gasteiger partial charge is 0.306 e. The topological polar surface area (TPSA) is 92.8 Å². The third-order valence-electron chi connectivity index (χ3n) is 3.86. The number of benzene rings is 1. The Bertz CT molecular complexity index is 895. The Morgan fingerprint density at radius 2 is 1.76 bits per heavy atom. The molecule has 29 heavy (non-hydrogen) atoms. The molecule has 0 saturated carbocycles. The number of anilines is 1. The molecule has 1 heterocycles. The highest BCUT2D eigenvalue weighted by molar-refractivity contribution is 7.14. The second kappa shape index (κ2) is 10.5. The van der Waals surface area contributed by atoms with Crippen molar-refractivity contribution in [2.75, 3.05) is 25.5 Å². The first kappa shape index (κ1) is 22.2. The van der Waals surface area contributed by atoms with Crippen LogP contribution in [0.4, 0.5) is 10.1 Å². The van der Waals surface area contributed by atoms with Crippen LogP contribution in [0.5, 0.6) is 0 Å². The van der Waals surface area contributed by atoms with Crippen LogP contribution in [0.1, 0.15) is 27.4 Å². The van der Waals surface area contributed by atoms with Crippen LogP contribution < -0.4 is 5.32 Å². The van der Waals surface area contributed by atoms with Gasteiger partial charge in [-0.05, 0) is 43.3 Å². The van der Waals surface area contributed by atoms with E-state index < -0.39 is 30.2 Å². The maximum Gasteiger partial charge on any atom is 0.306 e. The standard InChI is InChI=1S/C20H21FN2O5S/c1-13-3-9-17(29-13)16(24)8-10-20(27)28-12-19(26)23(2)11-18(25)22-15-6-4-14(21)5-7-15/h3-7,9H,8,10-12H2,1-2H3,(H,22,25). The lowest BCUT2D eigenvalue weighted by atomic mass is 10.2. The van der Waals surface area contributed by atoms with Crippen LogP contribution in [0.25, 0.3) is 0 Å². The molecule has 0 saturated heterocycles. The van der Waals surface area contributed by atoms with Crippen molar-refractivity contribution in [1.82, 2.24) is 4.90 Å². The van der Waals surface area contributed by atoms with Gasteiger partial charge in [-0.15, -0.1) is 11.3 Å². The van der Waals surface area contributed by atoms with Gasteiger partial charge in [0.2, 0.25) is 5.91 Å². The average molecular weight is 420 g/mol. The molecule has 7 nitrogen and oxygen atoms in total. The van der Waals surface area contributed by atoms with Crippen LogP contribution >= 0.6 is 11.3 Å². The van der Waals surface area contributed by atoms with Gasteiger partial charge in [-0.1, -0.05) is 0 Å². The number of amides is 2. The van der Waals surface area contributed by atoms with E-state index in [1.807, 2.05) is 13.0 Å². The molecule has 0 atom stereocenters. The van der Waals surface area contributed by atoms with Crippen LogP contribution in [0.15, 0.2) is 36.4 Å². The third kappa shape index (κ3) is 7.46. The lowest BCUT2D eigenvalue weighted by molar-refractivity contribution is -0.151. The van der Waals surface area contributed by atoms with Gasteiger partial charge >= 0.3 is 5.97 Å². The minimum Gasteiger partial charge on any atom is -0.456 e. The molecule has 1 aromatic carbocycles. The van der Waals surface area contributed by atoms with Crippen molar-refractivity contribution in [2.24, 2.45) is 0 Å². The molecule has 2 aromatic rings. The van der Waals surface area contributed by atoms with Crippen molar-refractivity contribution in [2.45, 2.75) is 19.8 Å². The van der Waals surface area contributed by atoms with Crippen LogP contribution in [0.2, 0.25) is 0 Å². The number of rotatable bonds is 9. The van der Waals surface area contributed by atoms with Gasteiger partial charge in [-0.2, -0.15) is 0 Å². The summed E-state index contributed by atoms with van der Waals surface area (Å²) in [6.45, 7) is 1.10. The highest BCUT2D eigenvalue weighted by Gasteiger charge is 2.17. The van der Waals surface area contributed by atoms with Crippen molar-refractivity contribution in [3.8, 4) is 0 Å². The van der Waals surface area contributed by atoms with Crippen LogP contribution in [-0.4, -0.2) is 48.7 Å². The van der Waals surface area contributed by atoms with Gasteiger partial charge in [0.1, 0.15) is 5.82 Å². The molecule has 1 aromatic heterocycles. The van der Waals surface area contributed by atoms with Gasteiger partial charge in [0.05, 0.1) is 17.8 Å². The molecule has 0 radical (unpaired) electrons. The molecule has 1 N–H and O–H groups in total. The number of ether oxygens (including phenoxy) is 1. The number of nitrogens with zero attached hydrogens (tertiary/aromatic N) is 1. The predicted molar refractivity (Wildman–Crippen MR) is 106 cm³/mol. The minimum atomic E-state index is -0.663. The molecule has 154 valence electrons. The summed E-state index contributed by atoms with van der Waals surface area (Å²) in [7, 11) is 1.39. The SMILES string of the molecule is Cc1ccc(C(=O)CCC(=O)OCC(=O)N(C)CC(=O)Nc2ccc(F)cc2)s1. The second-order valence-corrected chi connectivity index (χ2v) is 7.59. The van der Waals surface area contributed by atoms with Gasteiger partial charge < -0.3 is 15.0 Å². The van der Waals surface area contributed by atoms with Crippen LogP contribution in [0, 0.1) is 12.7 Å². The Hall–Kier alpha value is -3.07. The second-order valence-electron chi connectivity index (χ2n) is 6.30. The lowest BCUT2D eigenvalue weighted by Crippen LogP contribution is -2.37. The molecular weight excluding hydrogens is 399 g/mol. The predicted octanol–water partition coefficient (Wildman–Crippen LogP) is 2.80. The van der Waals surface area contributed by atoms with E-state index >= 15 is 0 Å². The van der Waals surface area contributed by atoms with Crippen LogP contribution in [0.3, 0.4) is 0 Å². The van der Waals surface area contributed by atoms with E-state index in [1.165, 1.54) is 42.6 Å². The lowest BCUT2D eigenvalue weighted by Gasteiger charge is -2.16. The number of carbonyl (C=O) groups is 4. The number of esters is 1. The van der Waals surface area contributed by atoms with E-state index in [0.29, 0.717) is 10.6 Å². The molecule has 0 bridgehead atoms. The zero-order valence-electron chi connectivity index (χ0n) is 16.1. The van der Waals surface area contributed by atoms with E-state index in [2.05, 4.69) is 5.32 Å². The Morgan fingerprint density at radius 3 is 2.38 bits per heavy atom. The van der Waals surface area contributed by atoms with Gasteiger partial charge in [-0.3, -0.25) is 19.2 Å². The van der Waals surface area contributed by atoms with Crippen molar-refractivity contribution < 1.29 is 28.3 Å². The summed E-state index contributed by atoms with van der Waals surface area (Å²) in [6, 6.07) is 8.74. The first-order chi connectivity index (χ1) is 13.7. The summed E-state index contributed by atoms with van der Waals surface area (Å²) in [5.74, 6) is -2.28. The molecule has 2 rings (SSSR count). The molecule has 0 aliphatic carbocycles. The number of thiophene rings is 1. The quantitative estimate of drug-likeness (QED) is 0.497. The van der Waals surface area contributed by atoms with Gasteiger partial charge in [0, 0.05) is 24.0 Å². The summed E-state index contributed by atoms with van der Waals surface area (Å²) < 4.78 is 17.7. The Morgan fingerprint density at radius 1 is 1.07 bits per heavy atom. The zero-order valence-corrected chi connectivity index (χ0v) is 16.9. The van der Waals surface area contributed by atoms with Crippen molar-refractivity contribution in [3.05, 3.63) is 52.0 Å². The maximum absolute atomic E-state index is 12.9. The van der Waals surface area contributed by atoms with E-state index in [1.54, 1.807) is 6.07 Å². The number of carbonyl (C=O) groups excluding carboxylic acids is 4. The molecule has 0 fully saturated rings. The average Bonchev–Trinajstić information content (AvgIpc) is 3.12. The fourth-order valence-corrected chi connectivity index (χ4v) is 3.12. The van der Waals surface area contributed by atoms with Crippen LogP contribution in [-0.2, 0) is 19.1 Å². The summed E-state index contributed by atoms with van der Waals surface area (Å²) in [4.78, 5) is 50.3. The number of Topliss-reactive ketones (excluding diaryl/α,β-unsaturated/α-hetero) is 1. The fraction of sp³-hybridized carbons (Fsp3) is 0.300. The van der Waals surface area contributed by atoms with Crippen molar-refractivity contribution in [3.63, 3.8) is 0 Å². The van der Waals surface area contributed by atoms with Gasteiger partial charge in [-0.25, -0.2) is 4.39 Å². The number of nitrogens with one attached hydrogen (secondary N) is 1. The Balaban J connectivity index is 1.69. The van der Waals surface area contributed by atoms with Gasteiger partial charge in [0.25, 0.3) is 5.91 Å². The zero-order chi connectivity index (χ0) is 21.4. The molecule has 0 unspecified atom stereocenters. The van der Waals surface area contributed by atoms with E-state index in [0.717, 1.165) is 9.78 Å². The Kier molecular flexibility index (Phi) is 8.02. The van der Waals surface area contributed by atoms with Crippen molar-refractivity contribution in [1.29, 1.82) is 0 Å². The summed E-state index contributed by atoms with van der Waals surface area (Å²) >= 11 is 1.36. The largest absolute Gasteiger partial charge is 0.456 e. The Labute approximate surface area is 171 Å². The number of halogens is 1. The first-order valence-corrected chi connectivity index (χ1v) is 9.61. The summed E-state index contributed by atoms with van der Waals surface area (Å²) in [5, 5.41) is 2.53. The third-order valence-corrected chi connectivity index (χ3v) is 4.90. The molecule has 0 aliphatic rings. The van der Waals surface area contributed by atoms with Crippen molar-refractivity contribution >= 4 is 40.6 Å². The molecule has 2 amide bonds. The number of hydrogen-bond acceptors (Lipinski definition) is 6. The van der Waals surface area contributed by atoms with Gasteiger partial charge in [0.15, 0.2) is 12.4 Å². The minimum absolute atomic E-state index is 0.00287. The number of hydrogen-bond donors (Lipinski definition) is 1. The molecule has 9 heteroatoms.